The van der Waals surface area contributed by atoms with Crippen molar-refractivity contribution in [2.45, 2.75) is 4.90 Å². The molecule has 0 unspecified atom stereocenters. The molecular formula is C9H6O5S. The fourth-order valence-electron chi connectivity index (χ4n) is 1.41. The van der Waals surface area contributed by atoms with Crippen molar-refractivity contribution >= 4 is 21.9 Å². The summed E-state index contributed by atoms with van der Waals surface area (Å²) < 4.78 is 23.2. The molecule has 5 nitrogen and oxygen atoms in total. The van der Waals surface area contributed by atoms with E-state index in [1.54, 1.807) is 0 Å². The van der Waals surface area contributed by atoms with E-state index >= 15 is 0 Å². The fraction of sp³-hybridized carbons (Fsp3) is 0. The number of rotatable bonds is 1. The van der Waals surface area contributed by atoms with Crippen molar-refractivity contribution in [2.75, 3.05) is 0 Å². The number of carboxylic acid groups (broad SMARTS) is 1. The van der Waals surface area contributed by atoms with Crippen molar-refractivity contribution in [3.8, 4) is 5.75 Å². The zero-order chi connectivity index (χ0) is 11.2. The average Bonchev–Trinajstić information content (AvgIpc) is 2.37. The molecule has 15 heavy (non-hydrogen) atoms. The maximum atomic E-state index is 11.6. The molecule has 0 fully saturated rings. The van der Waals surface area contributed by atoms with E-state index in [4.69, 9.17) is 10.2 Å². The lowest BCUT2D eigenvalue weighted by molar-refractivity contribution is -0.131. The number of phenols is 1. The number of sulfone groups is 1. The largest absolute Gasteiger partial charge is 0.508 e. The molecule has 0 radical (unpaired) electrons. The zero-order valence-electron chi connectivity index (χ0n) is 7.34. The van der Waals surface area contributed by atoms with Gasteiger partial charge in [0.05, 0.1) is 4.90 Å². The number of aromatic hydroxyl groups is 1. The van der Waals surface area contributed by atoms with Crippen molar-refractivity contribution in [1.29, 1.82) is 0 Å². The third-order valence-electron chi connectivity index (χ3n) is 2.07. The van der Waals surface area contributed by atoms with Crippen LogP contribution in [0.25, 0.3) is 6.08 Å². The van der Waals surface area contributed by atoms with Crippen molar-refractivity contribution in [1.82, 2.24) is 0 Å². The van der Waals surface area contributed by atoms with E-state index in [1.165, 1.54) is 18.2 Å². The van der Waals surface area contributed by atoms with E-state index in [2.05, 4.69) is 0 Å². The predicted octanol–water partition coefficient (Wildman–Crippen LogP) is 0.605. The summed E-state index contributed by atoms with van der Waals surface area (Å²) in [4.78, 5) is 9.91. The van der Waals surface area contributed by atoms with Gasteiger partial charge < -0.3 is 10.2 Å². The summed E-state index contributed by atoms with van der Waals surface area (Å²) in [5, 5.41) is 17.8. The van der Waals surface area contributed by atoms with Crippen LogP contribution in [0.2, 0.25) is 0 Å². The van der Waals surface area contributed by atoms with Gasteiger partial charge in [-0.15, -0.1) is 0 Å². The molecule has 2 rings (SSSR count). The molecule has 78 valence electrons. The molecule has 0 aromatic heterocycles. The van der Waals surface area contributed by atoms with Crippen LogP contribution >= 0.6 is 0 Å². The summed E-state index contributed by atoms with van der Waals surface area (Å²) in [7, 11) is -3.91. The minimum atomic E-state index is -3.91. The van der Waals surface area contributed by atoms with E-state index in [-0.39, 0.29) is 16.2 Å². The summed E-state index contributed by atoms with van der Waals surface area (Å²) >= 11 is 0. The number of hydrogen-bond donors (Lipinski definition) is 2. The number of fused-ring (bicyclic) bond motifs is 1. The zero-order valence-corrected chi connectivity index (χ0v) is 8.15. The van der Waals surface area contributed by atoms with E-state index < -0.39 is 20.7 Å². The second kappa shape index (κ2) is 2.83. The van der Waals surface area contributed by atoms with Gasteiger partial charge in [-0.1, -0.05) is 0 Å². The van der Waals surface area contributed by atoms with Gasteiger partial charge in [0.1, 0.15) is 5.75 Å². The Hall–Kier alpha value is -1.82. The van der Waals surface area contributed by atoms with Gasteiger partial charge in [0, 0.05) is 0 Å². The maximum absolute atomic E-state index is 11.6. The second-order valence-corrected chi connectivity index (χ2v) is 4.93. The van der Waals surface area contributed by atoms with Crippen molar-refractivity contribution in [3.05, 3.63) is 28.7 Å². The molecule has 1 aromatic rings. The van der Waals surface area contributed by atoms with Gasteiger partial charge >= 0.3 is 5.97 Å². The van der Waals surface area contributed by atoms with Gasteiger partial charge in [-0.25, -0.2) is 13.2 Å². The van der Waals surface area contributed by atoms with Crippen LogP contribution in [0, 0.1) is 0 Å². The molecule has 0 saturated carbocycles. The average molecular weight is 226 g/mol. The van der Waals surface area contributed by atoms with Crippen LogP contribution in [-0.2, 0) is 14.6 Å². The van der Waals surface area contributed by atoms with Crippen LogP contribution in [0.4, 0.5) is 0 Å². The first-order valence-corrected chi connectivity index (χ1v) is 5.44. The third kappa shape index (κ3) is 1.30. The molecule has 0 amide bonds. The van der Waals surface area contributed by atoms with Crippen molar-refractivity contribution < 1.29 is 23.4 Å². The first-order valence-electron chi connectivity index (χ1n) is 3.96. The van der Waals surface area contributed by atoms with E-state index in [9.17, 15) is 13.2 Å². The summed E-state index contributed by atoms with van der Waals surface area (Å²) in [6.07, 6.45) is 1.03. The molecule has 0 aliphatic carbocycles. The topological polar surface area (TPSA) is 91.7 Å². The summed E-state index contributed by atoms with van der Waals surface area (Å²) in [5.41, 5.74) is 0.201. The Morgan fingerprint density at radius 1 is 1.27 bits per heavy atom. The quantitative estimate of drug-likeness (QED) is 0.731. The lowest BCUT2D eigenvalue weighted by Crippen LogP contribution is -2.09. The number of benzene rings is 1. The first-order chi connectivity index (χ1) is 6.93. The van der Waals surface area contributed by atoms with E-state index in [0.29, 0.717) is 0 Å². The predicted molar refractivity (Wildman–Crippen MR) is 50.9 cm³/mol. The molecule has 0 bridgehead atoms. The lowest BCUT2D eigenvalue weighted by Gasteiger charge is -1.99. The number of carbonyl (C=O) groups is 1. The van der Waals surface area contributed by atoms with Crippen LogP contribution < -0.4 is 0 Å². The lowest BCUT2D eigenvalue weighted by atomic mass is 10.2. The minimum Gasteiger partial charge on any atom is -0.508 e. The van der Waals surface area contributed by atoms with Gasteiger partial charge in [0.15, 0.2) is 4.91 Å². The maximum Gasteiger partial charge on any atom is 0.347 e. The fourth-order valence-corrected chi connectivity index (χ4v) is 2.83. The molecule has 2 N–H and O–H groups in total. The smallest absolute Gasteiger partial charge is 0.347 e. The monoisotopic (exact) mass is 226 g/mol. The highest BCUT2D eigenvalue weighted by atomic mass is 32.2. The van der Waals surface area contributed by atoms with Crippen LogP contribution in [0.15, 0.2) is 28.0 Å². The van der Waals surface area contributed by atoms with Crippen LogP contribution in [0.1, 0.15) is 5.56 Å². The highest BCUT2D eigenvalue weighted by Crippen LogP contribution is 2.34. The minimum absolute atomic E-state index is 0.0855. The standard InChI is InChI=1S/C9H6O5S/c10-6-1-2-7-5(3-6)4-8(9(11)12)15(7,13)14/h1-4,10H,(H,11,12). The molecular weight excluding hydrogens is 220 g/mol. The van der Waals surface area contributed by atoms with Gasteiger partial charge in [-0.3, -0.25) is 0 Å². The Labute approximate surface area is 85.2 Å². The number of aliphatic carboxylic acids is 1. The second-order valence-electron chi connectivity index (χ2n) is 3.04. The molecule has 1 aliphatic rings. The highest BCUT2D eigenvalue weighted by Gasteiger charge is 2.34. The Bertz CT molecular complexity index is 583. The highest BCUT2D eigenvalue weighted by molar-refractivity contribution is 7.96. The molecule has 1 aliphatic heterocycles. The van der Waals surface area contributed by atoms with Crippen molar-refractivity contribution in [2.24, 2.45) is 0 Å². The van der Waals surface area contributed by atoms with Gasteiger partial charge in [-0.05, 0) is 29.8 Å². The SMILES string of the molecule is O=C(O)C1=Cc2cc(O)ccc2S1(=O)=O. The van der Waals surface area contributed by atoms with Gasteiger partial charge in [0.2, 0.25) is 9.84 Å². The van der Waals surface area contributed by atoms with E-state index in [1.807, 2.05) is 0 Å². The third-order valence-corrected chi connectivity index (χ3v) is 3.89. The molecule has 0 spiro atoms. The number of hydrogen-bond acceptors (Lipinski definition) is 4. The Kier molecular flexibility index (Phi) is 1.84. The van der Waals surface area contributed by atoms with Crippen LogP contribution in [-0.4, -0.2) is 24.6 Å². The Balaban J connectivity index is 2.74. The summed E-state index contributed by atoms with van der Waals surface area (Å²) in [5.74, 6) is -1.60. The number of carboxylic acids is 1. The van der Waals surface area contributed by atoms with Gasteiger partial charge in [0.25, 0.3) is 0 Å². The van der Waals surface area contributed by atoms with Crippen molar-refractivity contribution in [3.63, 3.8) is 0 Å². The van der Waals surface area contributed by atoms with Crippen LogP contribution in [0.3, 0.4) is 0 Å². The van der Waals surface area contributed by atoms with Gasteiger partial charge in [-0.2, -0.15) is 0 Å². The summed E-state index contributed by atoms with van der Waals surface area (Å²) in [6.45, 7) is 0. The normalized spacial score (nSPS) is 16.9. The molecule has 6 heteroatoms. The Morgan fingerprint density at radius 3 is 2.53 bits per heavy atom. The first kappa shape index (κ1) is 9.72. The number of phenolic OH excluding ortho intramolecular Hbond substituents is 1. The van der Waals surface area contributed by atoms with Crippen LogP contribution in [0.5, 0.6) is 5.75 Å². The summed E-state index contributed by atoms with van der Waals surface area (Å²) in [6, 6.07) is 3.60. The molecule has 1 heterocycles. The molecule has 0 atom stereocenters. The molecule has 1 aromatic carbocycles. The Morgan fingerprint density at radius 2 is 1.93 bits per heavy atom. The van der Waals surface area contributed by atoms with E-state index in [0.717, 1.165) is 6.08 Å². The molecule has 0 saturated heterocycles.